The molecule has 1 saturated heterocycles. The van der Waals surface area contributed by atoms with E-state index in [1.165, 1.54) is 0 Å². The molecule has 1 aliphatic carbocycles. The van der Waals surface area contributed by atoms with E-state index < -0.39 is 0 Å². The molecule has 2 aromatic carbocycles. The number of carbonyl (C=O) groups excluding carboxylic acids is 1. The number of hydrogen-bond donors (Lipinski definition) is 2. The van der Waals surface area contributed by atoms with E-state index in [0.29, 0.717) is 11.6 Å². The monoisotopic (exact) mass is 394 g/mol. The number of aldehydes is 1. The molecule has 0 bridgehead atoms. The summed E-state index contributed by atoms with van der Waals surface area (Å²) in [5.41, 5.74) is 2.41. The van der Waals surface area contributed by atoms with Crippen LogP contribution in [0.25, 0.3) is 10.8 Å². The number of aliphatic hydroxyl groups excluding tert-OH is 1. The van der Waals surface area contributed by atoms with Crippen LogP contribution in [0.2, 0.25) is 0 Å². The van der Waals surface area contributed by atoms with Crippen LogP contribution < -0.4 is 0 Å². The van der Waals surface area contributed by atoms with Crippen molar-refractivity contribution < 1.29 is 9.90 Å². The van der Waals surface area contributed by atoms with Crippen LogP contribution in [0.1, 0.15) is 68.3 Å². The van der Waals surface area contributed by atoms with E-state index in [1.54, 1.807) is 0 Å². The van der Waals surface area contributed by atoms with Crippen LogP contribution in [0.3, 0.4) is 0 Å². The number of fused-ring (bicyclic) bond motifs is 1. The van der Waals surface area contributed by atoms with Gasteiger partial charge in [0.15, 0.2) is 0 Å². The maximum Gasteiger partial charge on any atom is 0.150 e. The average Bonchev–Trinajstić information content (AvgIpc) is 2.79. The summed E-state index contributed by atoms with van der Waals surface area (Å²) >= 11 is 0. The fourth-order valence-electron chi connectivity index (χ4n) is 4.74. The average molecular weight is 395 g/mol. The van der Waals surface area contributed by atoms with Crippen LogP contribution >= 0.6 is 0 Å². The zero-order valence-corrected chi connectivity index (χ0v) is 17.7. The number of piperidine rings is 1. The molecule has 156 valence electrons. The molecule has 1 heterocycles. The number of likely N-dealkylation sites (tertiary alicyclic amines) is 1. The second-order valence-electron chi connectivity index (χ2n) is 8.15. The van der Waals surface area contributed by atoms with Crippen molar-refractivity contribution in [3.8, 4) is 0 Å². The Morgan fingerprint density at radius 1 is 1.03 bits per heavy atom. The molecule has 0 aromatic heterocycles. The summed E-state index contributed by atoms with van der Waals surface area (Å²) in [5, 5.41) is 20.7. The van der Waals surface area contributed by atoms with E-state index in [0.717, 1.165) is 79.9 Å². The van der Waals surface area contributed by atoms with Gasteiger partial charge < -0.3 is 10.5 Å². The second kappa shape index (κ2) is 10.1. The third-order valence-electron chi connectivity index (χ3n) is 6.36. The van der Waals surface area contributed by atoms with Gasteiger partial charge in [0.2, 0.25) is 0 Å². The molecule has 2 aliphatic rings. The molecule has 1 atom stereocenters. The van der Waals surface area contributed by atoms with Crippen LogP contribution in [0, 0.1) is 11.3 Å². The molecule has 0 radical (unpaired) electrons. The number of aliphatic hydroxyl groups is 1. The van der Waals surface area contributed by atoms with E-state index in [9.17, 15) is 9.90 Å². The maximum atomic E-state index is 11.0. The lowest BCUT2D eigenvalue weighted by Gasteiger charge is -2.41. The van der Waals surface area contributed by atoms with Crippen LogP contribution in [0.4, 0.5) is 0 Å². The Morgan fingerprint density at radius 2 is 1.72 bits per heavy atom. The van der Waals surface area contributed by atoms with Crippen molar-refractivity contribution in [3.63, 3.8) is 0 Å². The van der Waals surface area contributed by atoms with Gasteiger partial charge in [-0.1, -0.05) is 38.1 Å². The molecule has 0 spiro atoms. The summed E-state index contributed by atoms with van der Waals surface area (Å²) in [5.74, 6) is 0.275. The molecule has 0 amide bonds. The first-order chi connectivity index (χ1) is 14.1. The van der Waals surface area contributed by atoms with Crippen molar-refractivity contribution >= 4 is 22.8 Å². The lowest BCUT2D eigenvalue weighted by Crippen LogP contribution is -2.46. The van der Waals surface area contributed by atoms with E-state index >= 15 is 0 Å². The Hall–Kier alpha value is -2.04. The van der Waals surface area contributed by atoms with Crippen molar-refractivity contribution in [3.05, 3.63) is 47.5 Å². The van der Waals surface area contributed by atoms with Crippen LogP contribution in [-0.2, 0) is 0 Å². The zero-order chi connectivity index (χ0) is 20.8. The SMILES string of the molecule is CC.N=C(c1ccc2cc(C=O)ccc2c1)C1CCCN(C2CCC(O)CC2)C1. The van der Waals surface area contributed by atoms with Gasteiger partial charge in [0.05, 0.1) is 6.10 Å². The van der Waals surface area contributed by atoms with E-state index in [-0.39, 0.29) is 12.0 Å². The number of rotatable bonds is 4. The van der Waals surface area contributed by atoms with Gasteiger partial charge in [-0.15, -0.1) is 0 Å². The molecule has 4 heteroatoms. The first-order valence-corrected chi connectivity index (χ1v) is 11.1. The molecular formula is C25H34N2O2. The molecule has 2 fully saturated rings. The minimum atomic E-state index is -0.113. The van der Waals surface area contributed by atoms with Crippen molar-refractivity contribution in [2.45, 2.75) is 64.5 Å². The Balaban J connectivity index is 0.00000117. The molecule has 1 unspecified atom stereocenters. The fraction of sp³-hybridized carbons (Fsp3) is 0.520. The van der Waals surface area contributed by atoms with Crippen LogP contribution in [0.5, 0.6) is 0 Å². The van der Waals surface area contributed by atoms with Gasteiger partial charge in [-0.05, 0) is 73.5 Å². The van der Waals surface area contributed by atoms with E-state index in [4.69, 9.17) is 5.41 Å². The number of hydrogen-bond acceptors (Lipinski definition) is 4. The highest BCUT2D eigenvalue weighted by atomic mass is 16.3. The lowest BCUT2D eigenvalue weighted by molar-refractivity contribution is 0.0592. The molecule has 4 rings (SSSR count). The predicted molar refractivity (Wildman–Crippen MR) is 120 cm³/mol. The molecule has 2 N–H and O–H groups in total. The fourth-order valence-corrected chi connectivity index (χ4v) is 4.74. The summed E-state index contributed by atoms with van der Waals surface area (Å²) in [6, 6.07) is 12.4. The minimum absolute atomic E-state index is 0.113. The normalized spacial score (nSPS) is 25.1. The molecule has 1 saturated carbocycles. The van der Waals surface area contributed by atoms with E-state index in [1.807, 2.05) is 44.2 Å². The van der Waals surface area contributed by atoms with Gasteiger partial charge in [-0.25, -0.2) is 0 Å². The molecule has 4 nitrogen and oxygen atoms in total. The topological polar surface area (TPSA) is 64.4 Å². The van der Waals surface area contributed by atoms with Crippen LogP contribution in [-0.4, -0.2) is 47.2 Å². The zero-order valence-electron chi connectivity index (χ0n) is 17.7. The second-order valence-corrected chi connectivity index (χ2v) is 8.15. The summed E-state index contributed by atoms with van der Waals surface area (Å²) in [6.07, 6.45) is 6.96. The van der Waals surface area contributed by atoms with E-state index in [2.05, 4.69) is 11.0 Å². The van der Waals surface area contributed by atoms with Crippen molar-refractivity contribution in [1.29, 1.82) is 5.41 Å². The number of benzene rings is 2. The largest absolute Gasteiger partial charge is 0.393 e. The van der Waals surface area contributed by atoms with Gasteiger partial charge in [0, 0.05) is 29.8 Å². The van der Waals surface area contributed by atoms with Gasteiger partial charge in [0.1, 0.15) is 6.29 Å². The number of nitrogens with zero attached hydrogens (tertiary/aromatic N) is 1. The summed E-state index contributed by atoms with van der Waals surface area (Å²) < 4.78 is 0. The summed E-state index contributed by atoms with van der Waals surface area (Å²) in [6.45, 7) is 6.08. The Labute approximate surface area is 174 Å². The highest BCUT2D eigenvalue weighted by Crippen LogP contribution is 2.29. The number of carbonyl (C=O) groups is 1. The smallest absolute Gasteiger partial charge is 0.150 e. The Morgan fingerprint density at radius 3 is 2.45 bits per heavy atom. The molecule has 2 aromatic rings. The molecular weight excluding hydrogens is 360 g/mol. The van der Waals surface area contributed by atoms with Gasteiger partial charge >= 0.3 is 0 Å². The van der Waals surface area contributed by atoms with Gasteiger partial charge in [0.25, 0.3) is 0 Å². The van der Waals surface area contributed by atoms with Crippen molar-refractivity contribution in [2.24, 2.45) is 5.92 Å². The first-order valence-electron chi connectivity index (χ1n) is 11.1. The minimum Gasteiger partial charge on any atom is -0.393 e. The lowest BCUT2D eigenvalue weighted by atomic mass is 9.85. The quantitative estimate of drug-likeness (QED) is 0.563. The predicted octanol–water partition coefficient (Wildman–Crippen LogP) is 5.06. The third kappa shape index (κ3) is 5.12. The maximum absolute atomic E-state index is 11.0. The standard InChI is InChI=1S/C23H28N2O2.C2H6/c24-23(19-6-5-17-12-16(15-26)3-4-18(17)13-19)20-2-1-11-25(14-20)21-7-9-22(27)10-8-21;1-2/h3-6,12-13,15,20-22,24,27H,1-2,7-11,14H2;1-2H3. The highest BCUT2D eigenvalue weighted by molar-refractivity contribution is 6.03. The molecule has 1 aliphatic heterocycles. The number of nitrogens with one attached hydrogen (secondary N) is 1. The Bertz CT molecular complexity index is 840. The van der Waals surface area contributed by atoms with Crippen molar-refractivity contribution in [2.75, 3.05) is 13.1 Å². The Kier molecular flexibility index (Phi) is 7.57. The molecule has 29 heavy (non-hydrogen) atoms. The van der Waals surface area contributed by atoms with Crippen LogP contribution in [0.15, 0.2) is 36.4 Å². The third-order valence-corrected chi connectivity index (χ3v) is 6.36. The van der Waals surface area contributed by atoms with Crippen molar-refractivity contribution in [1.82, 2.24) is 4.90 Å². The highest BCUT2D eigenvalue weighted by Gasteiger charge is 2.30. The van der Waals surface area contributed by atoms with Gasteiger partial charge in [-0.2, -0.15) is 0 Å². The summed E-state index contributed by atoms with van der Waals surface area (Å²) in [7, 11) is 0. The summed E-state index contributed by atoms with van der Waals surface area (Å²) in [4.78, 5) is 13.5. The van der Waals surface area contributed by atoms with Gasteiger partial charge in [-0.3, -0.25) is 9.69 Å². The first kappa shape index (κ1) is 21.7.